The SMILES string of the molecule is CC1C(=O)CCC1CC1CCOC1. The molecular formula is C11H18O2. The summed E-state index contributed by atoms with van der Waals surface area (Å²) in [5, 5.41) is 0. The second kappa shape index (κ2) is 3.79. The highest BCUT2D eigenvalue weighted by atomic mass is 16.5. The molecule has 0 amide bonds. The fourth-order valence-electron chi connectivity index (χ4n) is 2.59. The summed E-state index contributed by atoms with van der Waals surface area (Å²) in [5.41, 5.74) is 0. The first-order chi connectivity index (χ1) is 6.27. The average Bonchev–Trinajstić information content (AvgIpc) is 2.71. The van der Waals surface area contributed by atoms with E-state index in [-0.39, 0.29) is 0 Å². The van der Waals surface area contributed by atoms with Crippen LogP contribution in [-0.2, 0) is 9.53 Å². The number of hydrogen-bond acceptors (Lipinski definition) is 2. The van der Waals surface area contributed by atoms with E-state index in [9.17, 15) is 4.79 Å². The standard InChI is InChI=1S/C11H18O2/c1-8-10(2-3-11(8)12)6-9-4-5-13-7-9/h8-10H,2-7H2,1H3. The molecule has 2 fully saturated rings. The molecule has 0 aromatic carbocycles. The van der Waals surface area contributed by atoms with Crippen LogP contribution in [0.1, 0.15) is 32.6 Å². The number of carbonyl (C=O) groups is 1. The number of ether oxygens (including phenoxy) is 1. The molecule has 0 radical (unpaired) electrons. The lowest BCUT2D eigenvalue weighted by Gasteiger charge is -2.17. The van der Waals surface area contributed by atoms with E-state index in [1.807, 2.05) is 0 Å². The zero-order valence-electron chi connectivity index (χ0n) is 8.29. The van der Waals surface area contributed by atoms with Gasteiger partial charge >= 0.3 is 0 Å². The zero-order chi connectivity index (χ0) is 9.26. The molecule has 2 nitrogen and oxygen atoms in total. The molecule has 1 aliphatic heterocycles. The molecule has 2 aliphatic rings. The third kappa shape index (κ3) is 1.93. The molecule has 3 unspecified atom stereocenters. The van der Waals surface area contributed by atoms with Gasteiger partial charge in [0.15, 0.2) is 0 Å². The maximum atomic E-state index is 11.3. The number of hydrogen-bond donors (Lipinski definition) is 0. The molecule has 2 heteroatoms. The quantitative estimate of drug-likeness (QED) is 0.653. The van der Waals surface area contributed by atoms with Crippen molar-refractivity contribution in [3.05, 3.63) is 0 Å². The molecule has 13 heavy (non-hydrogen) atoms. The molecule has 0 aromatic rings. The van der Waals surface area contributed by atoms with E-state index in [0.29, 0.717) is 17.6 Å². The van der Waals surface area contributed by atoms with Gasteiger partial charge in [-0.1, -0.05) is 6.92 Å². The fraction of sp³-hybridized carbons (Fsp3) is 0.909. The Balaban J connectivity index is 1.84. The minimum atomic E-state index is 0.320. The predicted molar refractivity (Wildman–Crippen MR) is 50.4 cm³/mol. The number of carbonyl (C=O) groups excluding carboxylic acids is 1. The van der Waals surface area contributed by atoms with Crippen molar-refractivity contribution in [3.8, 4) is 0 Å². The van der Waals surface area contributed by atoms with Crippen molar-refractivity contribution in [1.82, 2.24) is 0 Å². The van der Waals surface area contributed by atoms with E-state index < -0.39 is 0 Å². The van der Waals surface area contributed by atoms with E-state index >= 15 is 0 Å². The monoisotopic (exact) mass is 182 g/mol. The second-order valence-corrected chi connectivity index (χ2v) is 4.52. The van der Waals surface area contributed by atoms with Crippen LogP contribution in [-0.4, -0.2) is 19.0 Å². The molecule has 0 N–H and O–H groups in total. The Morgan fingerprint density at radius 1 is 1.46 bits per heavy atom. The maximum Gasteiger partial charge on any atom is 0.135 e. The number of Topliss-reactive ketones (excluding diaryl/α,β-unsaturated/α-hetero) is 1. The number of rotatable bonds is 2. The van der Waals surface area contributed by atoms with Crippen molar-refractivity contribution >= 4 is 5.78 Å². The smallest absolute Gasteiger partial charge is 0.135 e. The lowest BCUT2D eigenvalue weighted by atomic mass is 9.87. The van der Waals surface area contributed by atoms with E-state index in [0.717, 1.165) is 32.0 Å². The summed E-state index contributed by atoms with van der Waals surface area (Å²) in [6.07, 6.45) is 4.36. The normalized spacial score (nSPS) is 40.1. The molecule has 0 bridgehead atoms. The Bertz CT molecular complexity index is 194. The first-order valence-electron chi connectivity index (χ1n) is 5.38. The van der Waals surface area contributed by atoms with Crippen molar-refractivity contribution < 1.29 is 9.53 Å². The van der Waals surface area contributed by atoms with Crippen LogP contribution in [0.2, 0.25) is 0 Å². The highest BCUT2D eigenvalue weighted by Crippen LogP contribution is 2.35. The van der Waals surface area contributed by atoms with Gasteiger partial charge in [-0.15, -0.1) is 0 Å². The molecule has 1 heterocycles. The molecule has 3 atom stereocenters. The third-order valence-corrected chi connectivity index (χ3v) is 3.64. The topological polar surface area (TPSA) is 26.3 Å². The van der Waals surface area contributed by atoms with Crippen LogP contribution >= 0.6 is 0 Å². The number of ketones is 1. The second-order valence-electron chi connectivity index (χ2n) is 4.52. The van der Waals surface area contributed by atoms with Crippen molar-refractivity contribution in [2.45, 2.75) is 32.6 Å². The zero-order valence-corrected chi connectivity index (χ0v) is 8.29. The average molecular weight is 182 g/mol. The van der Waals surface area contributed by atoms with Gasteiger partial charge in [-0.05, 0) is 31.1 Å². The van der Waals surface area contributed by atoms with Gasteiger partial charge in [-0.3, -0.25) is 4.79 Å². The lowest BCUT2D eigenvalue weighted by molar-refractivity contribution is -0.120. The Morgan fingerprint density at radius 3 is 2.85 bits per heavy atom. The minimum absolute atomic E-state index is 0.320. The first-order valence-corrected chi connectivity index (χ1v) is 5.38. The summed E-state index contributed by atoms with van der Waals surface area (Å²) in [5.74, 6) is 2.18. The molecule has 1 aliphatic carbocycles. The van der Waals surface area contributed by atoms with E-state index in [1.165, 1.54) is 12.8 Å². The van der Waals surface area contributed by atoms with Gasteiger partial charge in [0.25, 0.3) is 0 Å². The van der Waals surface area contributed by atoms with Crippen LogP contribution in [0.5, 0.6) is 0 Å². The van der Waals surface area contributed by atoms with Gasteiger partial charge in [0.1, 0.15) is 5.78 Å². The lowest BCUT2D eigenvalue weighted by Crippen LogP contribution is -2.14. The van der Waals surface area contributed by atoms with Crippen molar-refractivity contribution in [2.24, 2.45) is 17.8 Å². The Morgan fingerprint density at radius 2 is 2.31 bits per heavy atom. The summed E-state index contributed by atoms with van der Waals surface area (Å²) >= 11 is 0. The molecule has 0 aromatic heterocycles. The Labute approximate surface area is 79.7 Å². The van der Waals surface area contributed by atoms with Crippen LogP contribution in [0.4, 0.5) is 0 Å². The highest BCUT2D eigenvalue weighted by Gasteiger charge is 2.33. The van der Waals surface area contributed by atoms with Gasteiger partial charge in [-0.25, -0.2) is 0 Å². The fourth-order valence-corrected chi connectivity index (χ4v) is 2.59. The molecule has 1 saturated heterocycles. The van der Waals surface area contributed by atoms with Crippen molar-refractivity contribution in [2.75, 3.05) is 13.2 Å². The summed E-state index contributed by atoms with van der Waals surface area (Å²) in [7, 11) is 0. The van der Waals surface area contributed by atoms with E-state index in [1.54, 1.807) is 0 Å². The highest BCUT2D eigenvalue weighted by molar-refractivity contribution is 5.82. The van der Waals surface area contributed by atoms with E-state index in [4.69, 9.17) is 4.74 Å². The van der Waals surface area contributed by atoms with Crippen LogP contribution in [0.15, 0.2) is 0 Å². The predicted octanol–water partition coefficient (Wildman–Crippen LogP) is 2.03. The Hall–Kier alpha value is -0.370. The van der Waals surface area contributed by atoms with Gasteiger partial charge in [0, 0.05) is 25.6 Å². The molecule has 0 spiro atoms. The molecule has 1 saturated carbocycles. The summed E-state index contributed by atoms with van der Waals surface area (Å²) in [6, 6.07) is 0. The minimum Gasteiger partial charge on any atom is -0.381 e. The van der Waals surface area contributed by atoms with Gasteiger partial charge < -0.3 is 4.74 Å². The van der Waals surface area contributed by atoms with Crippen molar-refractivity contribution in [1.29, 1.82) is 0 Å². The first kappa shape index (κ1) is 9.20. The van der Waals surface area contributed by atoms with Crippen LogP contribution in [0.3, 0.4) is 0 Å². The van der Waals surface area contributed by atoms with Crippen LogP contribution in [0.25, 0.3) is 0 Å². The summed E-state index contributed by atoms with van der Waals surface area (Å²) in [4.78, 5) is 11.3. The van der Waals surface area contributed by atoms with Crippen molar-refractivity contribution in [3.63, 3.8) is 0 Å². The summed E-state index contributed by atoms with van der Waals surface area (Å²) in [6.45, 7) is 3.95. The molecular weight excluding hydrogens is 164 g/mol. The van der Waals surface area contributed by atoms with Gasteiger partial charge in [-0.2, -0.15) is 0 Å². The largest absolute Gasteiger partial charge is 0.381 e. The van der Waals surface area contributed by atoms with Gasteiger partial charge in [0.05, 0.1) is 0 Å². The Kier molecular flexibility index (Phi) is 2.68. The van der Waals surface area contributed by atoms with Crippen LogP contribution in [0, 0.1) is 17.8 Å². The van der Waals surface area contributed by atoms with E-state index in [2.05, 4.69) is 6.92 Å². The van der Waals surface area contributed by atoms with Crippen LogP contribution < -0.4 is 0 Å². The van der Waals surface area contributed by atoms with Gasteiger partial charge in [0.2, 0.25) is 0 Å². The maximum absolute atomic E-state index is 11.3. The third-order valence-electron chi connectivity index (χ3n) is 3.64. The molecule has 2 rings (SSSR count). The molecule has 74 valence electrons. The summed E-state index contributed by atoms with van der Waals surface area (Å²) < 4.78 is 5.34.